The topological polar surface area (TPSA) is 59.6 Å². The first-order valence-corrected chi connectivity index (χ1v) is 9.23. The maximum absolute atomic E-state index is 12.5. The van der Waals surface area contributed by atoms with Crippen molar-refractivity contribution in [3.63, 3.8) is 0 Å². The van der Waals surface area contributed by atoms with Crippen molar-refractivity contribution in [2.75, 3.05) is 18.7 Å². The summed E-state index contributed by atoms with van der Waals surface area (Å²) in [7, 11) is 0. The van der Waals surface area contributed by atoms with Crippen LogP contribution in [-0.4, -0.2) is 19.2 Å². The van der Waals surface area contributed by atoms with Crippen molar-refractivity contribution in [3.05, 3.63) is 89.5 Å². The lowest BCUT2D eigenvalue weighted by molar-refractivity contribution is -0.115. The number of carbonyl (C=O) groups excluding carboxylic acids is 1. The summed E-state index contributed by atoms with van der Waals surface area (Å²) in [4.78, 5) is 12.5. The summed E-state index contributed by atoms with van der Waals surface area (Å²) in [5, 5.41) is 6.28. The number of benzene rings is 3. The van der Waals surface area contributed by atoms with Crippen LogP contribution >= 0.6 is 0 Å². The molecule has 5 nitrogen and oxygen atoms in total. The highest BCUT2D eigenvalue weighted by atomic mass is 16.7. The average Bonchev–Trinajstić information content (AvgIpc) is 3.18. The first-order valence-electron chi connectivity index (χ1n) is 9.23. The van der Waals surface area contributed by atoms with E-state index in [1.165, 1.54) is 5.56 Å². The second-order valence-corrected chi connectivity index (χ2v) is 6.75. The molecule has 28 heavy (non-hydrogen) atoms. The lowest BCUT2D eigenvalue weighted by Gasteiger charge is -2.20. The van der Waals surface area contributed by atoms with E-state index in [9.17, 15) is 4.79 Å². The maximum Gasteiger partial charge on any atom is 0.238 e. The Morgan fingerprint density at radius 1 is 0.929 bits per heavy atom. The first kappa shape index (κ1) is 18.1. The molecule has 1 heterocycles. The normalized spacial score (nSPS) is 13.2. The van der Waals surface area contributed by atoms with Gasteiger partial charge in [0.1, 0.15) is 0 Å². The minimum Gasteiger partial charge on any atom is -0.454 e. The standard InChI is InChI=1S/C23H22N2O3/c1-16-7-9-18(10-8-16)23(17-5-3-2-4-6-17)24-14-22(26)25-19-11-12-20-21(13-19)28-15-27-20/h2-13,23-24H,14-15H2,1H3,(H,25,26)/t23-/m1/s1. The summed E-state index contributed by atoms with van der Waals surface area (Å²) >= 11 is 0. The van der Waals surface area contributed by atoms with Crippen LogP contribution in [0, 0.1) is 6.92 Å². The molecule has 0 fully saturated rings. The number of aryl methyl sites for hydroxylation is 1. The molecule has 1 atom stereocenters. The fraction of sp³-hybridized carbons (Fsp3) is 0.174. The summed E-state index contributed by atoms with van der Waals surface area (Å²) < 4.78 is 10.7. The van der Waals surface area contributed by atoms with E-state index in [1.54, 1.807) is 18.2 Å². The molecule has 1 amide bonds. The van der Waals surface area contributed by atoms with Crippen LogP contribution in [0.4, 0.5) is 5.69 Å². The van der Waals surface area contributed by atoms with Crippen molar-refractivity contribution < 1.29 is 14.3 Å². The van der Waals surface area contributed by atoms with Gasteiger partial charge in [0.25, 0.3) is 0 Å². The summed E-state index contributed by atoms with van der Waals surface area (Å²) in [5.41, 5.74) is 4.12. The van der Waals surface area contributed by atoms with Gasteiger partial charge in [0.05, 0.1) is 12.6 Å². The Morgan fingerprint density at radius 3 is 2.43 bits per heavy atom. The van der Waals surface area contributed by atoms with Crippen molar-refractivity contribution in [1.82, 2.24) is 5.32 Å². The molecule has 142 valence electrons. The highest BCUT2D eigenvalue weighted by Gasteiger charge is 2.17. The minimum absolute atomic E-state index is 0.0655. The van der Waals surface area contributed by atoms with E-state index in [1.807, 2.05) is 18.2 Å². The summed E-state index contributed by atoms with van der Waals surface area (Å²) in [6, 6.07) is 23.8. The molecular formula is C23H22N2O3. The van der Waals surface area contributed by atoms with Crippen LogP contribution < -0.4 is 20.1 Å². The quantitative estimate of drug-likeness (QED) is 0.684. The monoisotopic (exact) mass is 374 g/mol. The van der Waals surface area contributed by atoms with E-state index < -0.39 is 0 Å². The van der Waals surface area contributed by atoms with Crippen LogP contribution in [-0.2, 0) is 4.79 Å². The molecule has 5 heteroatoms. The molecule has 3 aromatic rings. The number of rotatable bonds is 6. The van der Waals surface area contributed by atoms with E-state index in [-0.39, 0.29) is 25.3 Å². The predicted octanol–water partition coefficient (Wildman–Crippen LogP) is 4.04. The van der Waals surface area contributed by atoms with Crippen molar-refractivity contribution in [1.29, 1.82) is 0 Å². The minimum atomic E-state index is -0.119. The second-order valence-electron chi connectivity index (χ2n) is 6.75. The van der Waals surface area contributed by atoms with Gasteiger partial charge in [-0.05, 0) is 30.2 Å². The number of amides is 1. The Bertz CT molecular complexity index is 955. The lowest BCUT2D eigenvalue weighted by atomic mass is 9.98. The van der Waals surface area contributed by atoms with Crippen molar-refractivity contribution in [2.45, 2.75) is 13.0 Å². The van der Waals surface area contributed by atoms with Crippen LogP contribution in [0.2, 0.25) is 0 Å². The smallest absolute Gasteiger partial charge is 0.238 e. The number of hydrogen-bond donors (Lipinski definition) is 2. The molecule has 2 N–H and O–H groups in total. The highest BCUT2D eigenvalue weighted by molar-refractivity contribution is 5.92. The molecule has 0 aromatic heterocycles. The van der Waals surface area contributed by atoms with E-state index in [0.717, 1.165) is 11.1 Å². The molecular weight excluding hydrogens is 352 g/mol. The number of hydrogen-bond acceptors (Lipinski definition) is 4. The SMILES string of the molecule is Cc1ccc([C@H](NCC(=O)Nc2ccc3c(c2)OCO3)c2ccccc2)cc1. The molecule has 0 saturated carbocycles. The van der Waals surface area contributed by atoms with Crippen LogP contribution in [0.1, 0.15) is 22.7 Å². The molecule has 0 bridgehead atoms. The maximum atomic E-state index is 12.5. The van der Waals surface area contributed by atoms with E-state index >= 15 is 0 Å². The summed E-state index contributed by atoms with van der Waals surface area (Å²) in [6.45, 7) is 2.46. The zero-order chi connectivity index (χ0) is 19.3. The molecule has 0 unspecified atom stereocenters. The van der Waals surface area contributed by atoms with Gasteiger partial charge in [-0.25, -0.2) is 0 Å². The molecule has 3 aromatic carbocycles. The third-order valence-corrected chi connectivity index (χ3v) is 4.67. The van der Waals surface area contributed by atoms with Gasteiger partial charge in [-0.3, -0.25) is 10.1 Å². The van der Waals surface area contributed by atoms with Gasteiger partial charge in [0.15, 0.2) is 11.5 Å². The van der Waals surface area contributed by atoms with Crippen molar-refractivity contribution in [2.24, 2.45) is 0 Å². The zero-order valence-electron chi connectivity index (χ0n) is 15.6. The third-order valence-electron chi connectivity index (χ3n) is 4.67. The van der Waals surface area contributed by atoms with E-state index in [2.05, 4.69) is 54.0 Å². The second kappa shape index (κ2) is 8.15. The predicted molar refractivity (Wildman–Crippen MR) is 109 cm³/mol. The summed E-state index contributed by atoms with van der Waals surface area (Å²) in [6.07, 6.45) is 0. The fourth-order valence-electron chi connectivity index (χ4n) is 3.21. The zero-order valence-corrected chi connectivity index (χ0v) is 15.6. The lowest BCUT2D eigenvalue weighted by Crippen LogP contribution is -2.31. The molecule has 1 aliphatic rings. The van der Waals surface area contributed by atoms with Gasteiger partial charge in [-0.15, -0.1) is 0 Å². The number of carbonyl (C=O) groups is 1. The van der Waals surface area contributed by atoms with Gasteiger partial charge in [0.2, 0.25) is 12.7 Å². The highest BCUT2D eigenvalue weighted by Crippen LogP contribution is 2.34. The van der Waals surface area contributed by atoms with Crippen LogP contribution in [0.15, 0.2) is 72.8 Å². The molecule has 1 aliphatic heterocycles. The molecule has 0 spiro atoms. The largest absolute Gasteiger partial charge is 0.454 e. The van der Waals surface area contributed by atoms with Crippen molar-refractivity contribution >= 4 is 11.6 Å². The Balaban J connectivity index is 1.45. The van der Waals surface area contributed by atoms with Gasteiger partial charge >= 0.3 is 0 Å². The summed E-state index contributed by atoms with van der Waals surface area (Å²) in [5.74, 6) is 1.22. The van der Waals surface area contributed by atoms with Gasteiger partial charge in [-0.2, -0.15) is 0 Å². The van der Waals surface area contributed by atoms with Gasteiger partial charge < -0.3 is 14.8 Å². The Kier molecular flexibility index (Phi) is 5.26. The molecule has 0 aliphatic carbocycles. The molecule has 0 saturated heterocycles. The Morgan fingerprint density at radius 2 is 1.64 bits per heavy atom. The van der Waals surface area contributed by atoms with Crippen molar-refractivity contribution in [3.8, 4) is 11.5 Å². The third kappa shape index (κ3) is 4.15. The first-order chi connectivity index (χ1) is 13.7. The number of ether oxygens (including phenoxy) is 2. The van der Waals surface area contributed by atoms with E-state index in [0.29, 0.717) is 17.2 Å². The van der Waals surface area contributed by atoms with Crippen LogP contribution in [0.25, 0.3) is 0 Å². The van der Waals surface area contributed by atoms with Crippen LogP contribution in [0.3, 0.4) is 0 Å². The molecule has 4 rings (SSSR count). The number of fused-ring (bicyclic) bond motifs is 1. The number of anilines is 1. The van der Waals surface area contributed by atoms with Gasteiger partial charge in [0, 0.05) is 11.8 Å². The average molecular weight is 374 g/mol. The van der Waals surface area contributed by atoms with Gasteiger partial charge in [-0.1, -0.05) is 60.2 Å². The van der Waals surface area contributed by atoms with E-state index in [4.69, 9.17) is 9.47 Å². The number of nitrogens with one attached hydrogen (secondary N) is 2. The fourth-order valence-corrected chi connectivity index (χ4v) is 3.21. The molecule has 0 radical (unpaired) electrons. The van der Waals surface area contributed by atoms with Crippen LogP contribution in [0.5, 0.6) is 11.5 Å². The Labute approximate surface area is 164 Å². The Hall–Kier alpha value is -3.31.